The molecule has 1 heterocycles. The Bertz CT molecular complexity index is 370. The molecular formula is C14H23N3O. The van der Waals surface area contributed by atoms with Crippen LogP contribution in [0.2, 0.25) is 0 Å². The molecule has 1 fully saturated rings. The number of hydrogen-bond acceptors (Lipinski definition) is 4. The van der Waals surface area contributed by atoms with Crippen LogP contribution < -0.4 is 15.4 Å². The molecule has 1 aromatic carbocycles. The smallest absolute Gasteiger partial charge is 0.141 e. The van der Waals surface area contributed by atoms with Crippen LogP contribution in [0, 0.1) is 0 Å². The van der Waals surface area contributed by atoms with Gasteiger partial charge >= 0.3 is 0 Å². The zero-order valence-corrected chi connectivity index (χ0v) is 11.3. The average Bonchev–Trinajstić information content (AvgIpc) is 2.41. The highest BCUT2D eigenvalue weighted by Gasteiger charge is 2.17. The van der Waals surface area contributed by atoms with Gasteiger partial charge in [-0.2, -0.15) is 0 Å². The Morgan fingerprint density at radius 1 is 1.44 bits per heavy atom. The van der Waals surface area contributed by atoms with E-state index in [1.165, 1.54) is 0 Å². The van der Waals surface area contributed by atoms with Gasteiger partial charge in [0.15, 0.2) is 0 Å². The molecule has 1 atom stereocenters. The van der Waals surface area contributed by atoms with Gasteiger partial charge in [-0.3, -0.25) is 0 Å². The number of nitrogens with zero attached hydrogens (tertiary/aromatic N) is 1. The minimum Gasteiger partial charge on any atom is -0.495 e. The molecule has 0 aliphatic carbocycles. The standard InChI is InChI=1S/C14H23N3O/c1-17-10-9-15-11-12(17)7-8-16-13-5-3-4-6-14(13)18-2/h3-6,12,15-16H,7-11H2,1-2H3. The van der Waals surface area contributed by atoms with Gasteiger partial charge in [-0.05, 0) is 25.6 Å². The maximum Gasteiger partial charge on any atom is 0.141 e. The number of anilines is 1. The van der Waals surface area contributed by atoms with E-state index in [2.05, 4.69) is 28.6 Å². The molecule has 0 aromatic heterocycles. The molecule has 0 bridgehead atoms. The lowest BCUT2D eigenvalue weighted by Crippen LogP contribution is -2.49. The Hall–Kier alpha value is -1.26. The first kappa shape index (κ1) is 13.2. The number of likely N-dealkylation sites (N-methyl/N-ethyl adjacent to an activating group) is 1. The van der Waals surface area contributed by atoms with Gasteiger partial charge in [0.2, 0.25) is 0 Å². The van der Waals surface area contributed by atoms with E-state index in [4.69, 9.17) is 4.74 Å². The highest BCUT2D eigenvalue weighted by atomic mass is 16.5. The van der Waals surface area contributed by atoms with Crippen LogP contribution in [0.5, 0.6) is 5.75 Å². The second-order valence-corrected chi connectivity index (χ2v) is 4.75. The summed E-state index contributed by atoms with van der Waals surface area (Å²) >= 11 is 0. The van der Waals surface area contributed by atoms with E-state index < -0.39 is 0 Å². The van der Waals surface area contributed by atoms with Crippen LogP contribution >= 0.6 is 0 Å². The number of ether oxygens (including phenoxy) is 1. The summed E-state index contributed by atoms with van der Waals surface area (Å²) in [5, 5.41) is 6.89. The lowest BCUT2D eigenvalue weighted by molar-refractivity contribution is 0.194. The summed E-state index contributed by atoms with van der Waals surface area (Å²) in [5.41, 5.74) is 1.08. The summed E-state index contributed by atoms with van der Waals surface area (Å²) in [7, 11) is 3.91. The van der Waals surface area contributed by atoms with E-state index in [-0.39, 0.29) is 0 Å². The molecule has 0 saturated carbocycles. The minimum absolute atomic E-state index is 0.626. The van der Waals surface area contributed by atoms with Crippen molar-refractivity contribution in [1.82, 2.24) is 10.2 Å². The number of benzene rings is 1. The van der Waals surface area contributed by atoms with Gasteiger partial charge in [0, 0.05) is 32.2 Å². The first-order chi connectivity index (χ1) is 8.81. The molecule has 1 aliphatic rings. The highest BCUT2D eigenvalue weighted by Crippen LogP contribution is 2.22. The maximum atomic E-state index is 5.32. The van der Waals surface area contributed by atoms with E-state index in [1.807, 2.05) is 18.2 Å². The third-order valence-corrected chi connectivity index (χ3v) is 3.54. The zero-order chi connectivity index (χ0) is 12.8. The van der Waals surface area contributed by atoms with Crippen LogP contribution in [0.3, 0.4) is 0 Å². The summed E-state index contributed by atoms with van der Waals surface area (Å²) in [6.45, 7) is 4.30. The molecule has 1 unspecified atom stereocenters. The van der Waals surface area contributed by atoms with Crippen molar-refractivity contribution in [2.24, 2.45) is 0 Å². The molecule has 2 rings (SSSR count). The summed E-state index contributed by atoms with van der Waals surface area (Å²) in [4.78, 5) is 2.43. The molecule has 0 amide bonds. The number of methoxy groups -OCH3 is 1. The van der Waals surface area contributed by atoms with E-state index in [0.29, 0.717) is 6.04 Å². The second-order valence-electron chi connectivity index (χ2n) is 4.75. The predicted octanol–water partition coefficient (Wildman–Crippen LogP) is 1.40. The average molecular weight is 249 g/mol. The highest BCUT2D eigenvalue weighted by molar-refractivity contribution is 5.55. The molecule has 0 radical (unpaired) electrons. The van der Waals surface area contributed by atoms with Gasteiger partial charge in [0.05, 0.1) is 12.8 Å². The summed E-state index contributed by atoms with van der Waals surface area (Å²) in [6, 6.07) is 8.68. The number of para-hydroxylation sites is 2. The van der Waals surface area contributed by atoms with E-state index >= 15 is 0 Å². The number of hydrogen-bond donors (Lipinski definition) is 2. The largest absolute Gasteiger partial charge is 0.495 e. The van der Waals surface area contributed by atoms with Crippen molar-refractivity contribution in [2.75, 3.05) is 45.7 Å². The van der Waals surface area contributed by atoms with Gasteiger partial charge in [0.25, 0.3) is 0 Å². The van der Waals surface area contributed by atoms with E-state index in [0.717, 1.165) is 44.0 Å². The molecular weight excluding hydrogens is 226 g/mol. The molecule has 0 spiro atoms. The fourth-order valence-electron chi connectivity index (χ4n) is 2.35. The van der Waals surface area contributed by atoms with E-state index in [1.54, 1.807) is 7.11 Å². The SMILES string of the molecule is COc1ccccc1NCCC1CNCCN1C. The quantitative estimate of drug-likeness (QED) is 0.827. The third kappa shape index (κ3) is 3.37. The van der Waals surface area contributed by atoms with Crippen molar-refractivity contribution in [1.29, 1.82) is 0 Å². The molecule has 100 valence electrons. The molecule has 4 heteroatoms. The van der Waals surface area contributed by atoms with Crippen LogP contribution in [0.4, 0.5) is 5.69 Å². The van der Waals surface area contributed by atoms with Crippen molar-refractivity contribution >= 4 is 5.69 Å². The second kappa shape index (κ2) is 6.61. The molecule has 1 aromatic rings. The fourth-order valence-corrected chi connectivity index (χ4v) is 2.35. The monoisotopic (exact) mass is 249 g/mol. The van der Waals surface area contributed by atoms with Crippen LogP contribution in [0.25, 0.3) is 0 Å². The van der Waals surface area contributed by atoms with E-state index in [9.17, 15) is 0 Å². The lowest BCUT2D eigenvalue weighted by Gasteiger charge is -2.33. The lowest BCUT2D eigenvalue weighted by atomic mass is 10.1. The van der Waals surface area contributed by atoms with Crippen molar-refractivity contribution in [3.8, 4) is 5.75 Å². The van der Waals surface area contributed by atoms with Crippen LogP contribution in [-0.4, -0.2) is 51.3 Å². The van der Waals surface area contributed by atoms with Gasteiger partial charge in [-0.15, -0.1) is 0 Å². The number of rotatable bonds is 5. The van der Waals surface area contributed by atoms with Gasteiger partial charge in [0.1, 0.15) is 5.75 Å². The fraction of sp³-hybridized carbons (Fsp3) is 0.571. The van der Waals surface area contributed by atoms with Crippen LogP contribution in [-0.2, 0) is 0 Å². The number of nitrogens with one attached hydrogen (secondary N) is 2. The Kier molecular flexibility index (Phi) is 4.84. The normalized spacial score (nSPS) is 20.7. The Morgan fingerprint density at radius 2 is 2.28 bits per heavy atom. The first-order valence-corrected chi connectivity index (χ1v) is 6.59. The van der Waals surface area contributed by atoms with Crippen LogP contribution in [0.1, 0.15) is 6.42 Å². The topological polar surface area (TPSA) is 36.5 Å². The third-order valence-electron chi connectivity index (χ3n) is 3.54. The first-order valence-electron chi connectivity index (χ1n) is 6.59. The zero-order valence-electron chi connectivity index (χ0n) is 11.3. The van der Waals surface area contributed by atoms with Crippen molar-refractivity contribution in [2.45, 2.75) is 12.5 Å². The van der Waals surface area contributed by atoms with Crippen LogP contribution in [0.15, 0.2) is 24.3 Å². The van der Waals surface area contributed by atoms with Crippen molar-refractivity contribution < 1.29 is 4.74 Å². The molecule has 18 heavy (non-hydrogen) atoms. The van der Waals surface area contributed by atoms with Gasteiger partial charge < -0.3 is 20.3 Å². The molecule has 1 aliphatic heterocycles. The predicted molar refractivity (Wildman–Crippen MR) is 75.4 cm³/mol. The Morgan fingerprint density at radius 3 is 3.06 bits per heavy atom. The Labute approximate surface area is 109 Å². The minimum atomic E-state index is 0.626. The summed E-state index contributed by atoms with van der Waals surface area (Å²) in [5.74, 6) is 0.910. The van der Waals surface area contributed by atoms with Gasteiger partial charge in [-0.25, -0.2) is 0 Å². The Balaban J connectivity index is 1.80. The molecule has 4 nitrogen and oxygen atoms in total. The summed E-state index contributed by atoms with van der Waals surface area (Å²) in [6.07, 6.45) is 1.14. The molecule has 2 N–H and O–H groups in total. The molecule has 1 saturated heterocycles. The number of piperazine rings is 1. The van der Waals surface area contributed by atoms with Crippen molar-refractivity contribution in [3.05, 3.63) is 24.3 Å². The summed E-state index contributed by atoms with van der Waals surface area (Å²) < 4.78 is 5.32. The van der Waals surface area contributed by atoms with Gasteiger partial charge in [-0.1, -0.05) is 12.1 Å². The van der Waals surface area contributed by atoms with Crippen molar-refractivity contribution in [3.63, 3.8) is 0 Å². The maximum absolute atomic E-state index is 5.32.